The molecular formula is C17H23N3OS. The molecule has 0 aliphatic carbocycles. The van der Waals surface area contributed by atoms with Crippen molar-refractivity contribution in [3.63, 3.8) is 0 Å². The van der Waals surface area contributed by atoms with E-state index in [9.17, 15) is 4.79 Å². The van der Waals surface area contributed by atoms with Gasteiger partial charge >= 0.3 is 0 Å². The second-order valence-electron chi connectivity index (χ2n) is 6.39. The van der Waals surface area contributed by atoms with E-state index in [1.165, 1.54) is 15.8 Å². The molecule has 1 amide bonds. The minimum Gasteiger partial charge on any atom is -0.345 e. The van der Waals surface area contributed by atoms with E-state index >= 15 is 0 Å². The van der Waals surface area contributed by atoms with Gasteiger partial charge in [-0.3, -0.25) is 4.79 Å². The number of benzene rings is 1. The summed E-state index contributed by atoms with van der Waals surface area (Å²) in [4.78, 5) is 21.1. The molecule has 1 saturated heterocycles. The Bertz CT molecular complexity index is 699. The molecule has 0 N–H and O–H groups in total. The number of nitrogens with zero attached hydrogens (tertiary/aromatic N) is 3. The monoisotopic (exact) mass is 317 g/mol. The highest BCUT2D eigenvalue weighted by atomic mass is 32.1. The predicted molar refractivity (Wildman–Crippen MR) is 92.7 cm³/mol. The first-order valence-electron chi connectivity index (χ1n) is 7.87. The van der Waals surface area contributed by atoms with Gasteiger partial charge in [0.15, 0.2) is 5.13 Å². The standard InChI is InChI=1S/C17H23N3OS/c1-11(2)16(21)19-5-7-20(8-6-19)17-18-14-10-12(3)9-13(4)15(14)22-17/h9-11H,5-8H2,1-4H3. The zero-order chi connectivity index (χ0) is 15.9. The van der Waals surface area contributed by atoms with Gasteiger partial charge in [0, 0.05) is 32.1 Å². The Morgan fingerprint density at radius 2 is 1.86 bits per heavy atom. The molecule has 1 fully saturated rings. The van der Waals surface area contributed by atoms with Gasteiger partial charge in [0.1, 0.15) is 0 Å². The van der Waals surface area contributed by atoms with E-state index in [2.05, 4.69) is 30.9 Å². The minimum atomic E-state index is 0.0830. The molecular weight excluding hydrogens is 294 g/mol. The second kappa shape index (κ2) is 5.88. The lowest BCUT2D eigenvalue weighted by Crippen LogP contribution is -2.49. The van der Waals surface area contributed by atoms with Crippen LogP contribution in [0.15, 0.2) is 12.1 Å². The minimum absolute atomic E-state index is 0.0830. The smallest absolute Gasteiger partial charge is 0.225 e. The van der Waals surface area contributed by atoms with E-state index in [1.54, 1.807) is 11.3 Å². The molecule has 0 spiro atoms. The molecule has 22 heavy (non-hydrogen) atoms. The third kappa shape index (κ3) is 2.82. The molecule has 0 unspecified atom stereocenters. The highest BCUT2D eigenvalue weighted by molar-refractivity contribution is 7.22. The zero-order valence-electron chi connectivity index (χ0n) is 13.7. The van der Waals surface area contributed by atoms with Crippen LogP contribution >= 0.6 is 11.3 Å². The number of amides is 1. The molecule has 5 heteroatoms. The number of aryl methyl sites for hydroxylation is 2. The molecule has 118 valence electrons. The van der Waals surface area contributed by atoms with Gasteiger partial charge in [-0.2, -0.15) is 0 Å². The summed E-state index contributed by atoms with van der Waals surface area (Å²) in [6.07, 6.45) is 0. The summed E-state index contributed by atoms with van der Waals surface area (Å²) < 4.78 is 1.28. The molecule has 2 heterocycles. The summed E-state index contributed by atoms with van der Waals surface area (Å²) in [6, 6.07) is 4.37. The maximum Gasteiger partial charge on any atom is 0.225 e. The molecule has 1 aromatic heterocycles. The van der Waals surface area contributed by atoms with Crippen LogP contribution in [-0.2, 0) is 4.79 Å². The molecule has 3 rings (SSSR count). The van der Waals surface area contributed by atoms with Gasteiger partial charge < -0.3 is 9.80 Å². The van der Waals surface area contributed by atoms with Crippen LogP contribution in [0.2, 0.25) is 0 Å². The lowest BCUT2D eigenvalue weighted by molar-refractivity contribution is -0.134. The number of carbonyl (C=O) groups is 1. The van der Waals surface area contributed by atoms with Crippen molar-refractivity contribution in [3.05, 3.63) is 23.3 Å². The summed E-state index contributed by atoms with van der Waals surface area (Å²) in [6.45, 7) is 11.5. The van der Waals surface area contributed by atoms with Crippen LogP contribution in [0, 0.1) is 19.8 Å². The number of thiazole rings is 1. The fourth-order valence-corrected chi connectivity index (χ4v) is 4.05. The van der Waals surface area contributed by atoms with Crippen LogP contribution in [0.3, 0.4) is 0 Å². The molecule has 1 aliphatic heterocycles. The van der Waals surface area contributed by atoms with E-state index in [4.69, 9.17) is 4.98 Å². The fourth-order valence-electron chi connectivity index (χ4n) is 2.98. The first-order chi connectivity index (χ1) is 10.5. The number of aromatic nitrogens is 1. The van der Waals surface area contributed by atoms with Crippen LogP contribution < -0.4 is 4.90 Å². The normalized spacial score (nSPS) is 15.9. The quantitative estimate of drug-likeness (QED) is 0.853. The first kappa shape index (κ1) is 15.3. The molecule has 1 aromatic carbocycles. The van der Waals surface area contributed by atoms with Gasteiger partial charge in [0.05, 0.1) is 10.2 Å². The SMILES string of the molecule is Cc1cc(C)c2sc(N3CCN(C(=O)C(C)C)CC3)nc2c1. The molecule has 1 aliphatic rings. The van der Waals surface area contributed by atoms with Gasteiger partial charge in [-0.1, -0.05) is 31.3 Å². The predicted octanol–water partition coefficient (Wildman–Crippen LogP) is 3.22. The zero-order valence-corrected chi connectivity index (χ0v) is 14.5. The van der Waals surface area contributed by atoms with Crippen molar-refractivity contribution < 1.29 is 4.79 Å². The summed E-state index contributed by atoms with van der Waals surface area (Å²) in [5, 5.41) is 1.08. The van der Waals surface area contributed by atoms with Gasteiger partial charge in [0.2, 0.25) is 5.91 Å². The van der Waals surface area contributed by atoms with Gasteiger partial charge in [-0.25, -0.2) is 4.98 Å². The maximum absolute atomic E-state index is 12.1. The van der Waals surface area contributed by atoms with E-state index in [1.807, 2.05) is 18.7 Å². The largest absolute Gasteiger partial charge is 0.345 e. The number of hydrogen-bond donors (Lipinski definition) is 0. The Morgan fingerprint density at radius 3 is 2.50 bits per heavy atom. The van der Waals surface area contributed by atoms with Gasteiger partial charge in [-0.05, 0) is 31.0 Å². The Kier molecular flexibility index (Phi) is 4.08. The summed E-state index contributed by atoms with van der Waals surface area (Å²) >= 11 is 1.77. The van der Waals surface area contributed by atoms with Crippen molar-refractivity contribution in [1.82, 2.24) is 9.88 Å². The summed E-state index contributed by atoms with van der Waals surface area (Å²) in [5.74, 6) is 0.343. The second-order valence-corrected chi connectivity index (χ2v) is 7.37. The van der Waals surface area contributed by atoms with Gasteiger partial charge in [-0.15, -0.1) is 0 Å². The Hall–Kier alpha value is -1.62. The lowest BCUT2D eigenvalue weighted by Gasteiger charge is -2.35. The van der Waals surface area contributed by atoms with Crippen molar-refractivity contribution in [2.45, 2.75) is 27.7 Å². The molecule has 0 atom stereocenters. The van der Waals surface area contributed by atoms with Crippen LogP contribution in [0.5, 0.6) is 0 Å². The van der Waals surface area contributed by atoms with Crippen LogP contribution in [0.1, 0.15) is 25.0 Å². The van der Waals surface area contributed by atoms with Crippen molar-refractivity contribution >= 4 is 32.6 Å². The van der Waals surface area contributed by atoms with E-state index < -0.39 is 0 Å². The molecule has 2 aromatic rings. The number of carbonyl (C=O) groups excluding carboxylic acids is 1. The highest BCUT2D eigenvalue weighted by Crippen LogP contribution is 2.32. The fraction of sp³-hybridized carbons (Fsp3) is 0.529. The van der Waals surface area contributed by atoms with Crippen molar-refractivity contribution in [3.8, 4) is 0 Å². The molecule has 0 bridgehead atoms. The highest BCUT2D eigenvalue weighted by Gasteiger charge is 2.24. The molecule has 0 saturated carbocycles. The summed E-state index contributed by atoms with van der Waals surface area (Å²) in [5.41, 5.74) is 3.65. The van der Waals surface area contributed by atoms with E-state index in [-0.39, 0.29) is 11.8 Å². The third-order valence-electron chi connectivity index (χ3n) is 4.16. The van der Waals surface area contributed by atoms with E-state index in [0.29, 0.717) is 0 Å². The number of anilines is 1. The van der Waals surface area contributed by atoms with E-state index in [0.717, 1.165) is 36.8 Å². The number of fused-ring (bicyclic) bond motifs is 1. The third-order valence-corrected chi connectivity index (χ3v) is 5.43. The topological polar surface area (TPSA) is 36.4 Å². The molecule has 0 radical (unpaired) electrons. The lowest BCUT2D eigenvalue weighted by atomic mass is 10.1. The number of rotatable bonds is 2. The van der Waals surface area contributed by atoms with Crippen molar-refractivity contribution in [2.75, 3.05) is 31.1 Å². The maximum atomic E-state index is 12.1. The summed E-state index contributed by atoms with van der Waals surface area (Å²) in [7, 11) is 0. The van der Waals surface area contributed by atoms with Crippen LogP contribution in [-0.4, -0.2) is 42.0 Å². The average Bonchev–Trinajstić information content (AvgIpc) is 2.90. The number of piperazine rings is 1. The van der Waals surface area contributed by atoms with Crippen molar-refractivity contribution in [2.24, 2.45) is 5.92 Å². The van der Waals surface area contributed by atoms with Crippen molar-refractivity contribution in [1.29, 1.82) is 0 Å². The first-order valence-corrected chi connectivity index (χ1v) is 8.69. The van der Waals surface area contributed by atoms with Crippen LogP contribution in [0.25, 0.3) is 10.2 Å². The number of hydrogen-bond acceptors (Lipinski definition) is 4. The van der Waals surface area contributed by atoms with Gasteiger partial charge in [0.25, 0.3) is 0 Å². The average molecular weight is 317 g/mol. The Balaban J connectivity index is 1.77. The van der Waals surface area contributed by atoms with Crippen LogP contribution in [0.4, 0.5) is 5.13 Å². The Morgan fingerprint density at radius 1 is 1.18 bits per heavy atom. The Labute approximate surface area is 135 Å². The molecule has 4 nitrogen and oxygen atoms in total.